The van der Waals surface area contributed by atoms with Crippen LogP contribution in [-0.2, 0) is 0 Å². The van der Waals surface area contributed by atoms with Crippen molar-refractivity contribution in [3.63, 3.8) is 0 Å². The number of aromatic amines is 1. The number of nitrogens with one attached hydrogen (secondary N) is 1. The molecule has 1 atom stereocenters. The van der Waals surface area contributed by atoms with Crippen molar-refractivity contribution >= 4 is 22.8 Å². The fourth-order valence-electron chi connectivity index (χ4n) is 2.31. The SMILES string of the molecule is c1ccc(N=NC(N=Nc2nc3ccccc3[nH]2)c2cccnc2)nc1. The largest absolute Gasteiger partial charge is 0.321 e. The molecule has 0 aliphatic heterocycles. The van der Waals surface area contributed by atoms with Crippen molar-refractivity contribution in [3.05, 3.63) is 78.8 Å². The molecular formula is C18H14N8. The molecule has 1 unspecified atom stereocenters. The maximum Gasteiger partial charge on any atom is 0.247 e. The Morgan fingerprint density at radius 1 is 0.846 bits per heavy atom. The second kappa shape index (κ2) is 7.39. The Hall–Kier alpha value is -3.81. The first-order valence-corrected chi connectivity index (χ1v) is 7.96. The number of pyridine rings is 2. The molecule has 0 saturated heterocycles. The number of rotatable bonds is 5. The molecule has 1 aromatic carbocycles. The molecule has 0 aliphatic rings. The van der Waals surface area contributed by atoms with E-state index in [1.54, 1.807) is 24.7 Å². The van der Waals surface area contributed by atoms with Crippen molar-refractivity contribution < 1.29 is 0 Å². The zero-order valence-electron chi connectivity index (χ0n) is 13.6. The second-order valence-electron chi connectivity index (χ2n) is 5.36. The summed E-state index contributed by atoms with van der Waals surface area (Å²) < 4.78 is 0. The van der Waals surface area contributed by atoms with Crippen LogP contribution in [0.3, 0.4) is 0 Å². The molecule has 0 radical (unpaired) electrons. The van der Waals surface area contributed by atoms with Gasteiger partial charge < -0.3 is 4.98 Å². The number of azo groups is 2. The first kappa shape index (κ1) is 15.7. The van der Waals surface area contributed by atoms with Gasteiger partial charge >= 0.3 is 0 Å². The smallest absolute Gasteiger partial charge is 0.247 e. The van der Waals surface area contributed by atoms with Crippen molar-refractivity contribution in [2.75, 3.05) is 0 Å². The van der Waals surface area contributed by atoms with Crippen LogP contribution in [0.1, 0.15) is 11.7 Å². The maximum atomic E-state index is 4.38. The van der Waals surface area contributed by atoms with E-state index in [0.717, 1.165) is 16.6 Å². The van der Waals surface area contributed by atoms with Gasteiger partial charge in [-0.15, -0.1) is 10.2 Å². The minimum atomic E-state index is -0.640. The molecule has 4 rings (SSSR count). The molecule has 3 heterocycles. The van der Waals surface area contributed by atoms with Crippen LogP contribution in [0.25, 0.3) is 11.0 Å². The number of imidazole rings is 1. The van der Waals surface area contributed by atoms with Crippen LogP contribution >= 0.6 is 0 Å². The van der Waals surface area contributed by atoms with Crippen LogP contribution in [0.4, 0.5) is 11.8 Å². The zero-order chi connectivity index (χ0) is 17.6. The van der Waals surface area contributed by atoms with Gasteiger partial charge in [-0.1, -0.05) is 24.3 Å². The van der Waals surface area contributed by atoms with Gasteiger partial charge in [-0.05, 0) is 30.3 Å². The molecule has 8 nitrogen and oxygen atoms in total. The van der Waals surface area contributed by atoms with E-state index >= 15 is 0 Å². The molecule has 0 bridgehead atoms. The van der Waals surface area contributed by atoms with Crippen LogP contribution in [-0.4, -0.2) is 19.9 Å². The topological polar surface area (TPSA) is 104 Å². The van der Waals surface area contributed by atoms with E-state index in [9.17, 15) is 0 Å². The van der Waals surface area contributed by atoms with Crippen molar-refractivity contribution in [2.24, 2.45) is 20.5 Å². The number of nitrogens with zero attached hydrogens (tertiary/aromatic N) is 7. The summed E-state index contributed by atoms with van der Waals surface area (Å²) in [7, 11) is 0. The third kappa shape index (κ3) is 3.64. The lowest BCUT2D eigenvalue weighted by molar-refractivity contribution is 0.681. The number of para-hydroxylation sites is 2. The van der Waals surface area contributed by atoms with E-state index in [-0.39, 0.29) is 0 Å². The molecule has 8 heteroatoms. The first-order valence-electron chi connectivity index (χ1n) is 7.96. The average molecular weight is 342 g/mol. The molecule has 4 aromatic rings. The number of benzene rings is 1. The van der Waals surface area contributed by atoms with Crippen LogP contribution in [0.15, 0.2) is 93.6 Å². The fourth-order valence-corrected chi connectivity index (χ4v) is 2.31. The highest BCUT2D eigenvalue weighted by molar-refractivity contribution is 5.76. The van der Waals surface area contributed by atoms with Gasteiger partial charge in [0.25, 0.3) is 0 Å². The quantitative estimate of drug-likeness (QED) is 0.520. The lowest BCUT2D eigenvalue weighted by Gasteiger charge is -2.03. The van der Waals surface area contributed by atoms with E-state index in [1.165, 1.54) is 0 Å². The highest BCUT2D eigenvalue weighted by Crippen LogP contribution is 2.23. The fraction of sp³-hybridized carbons (Fsp3) is 0.0556. The zero-order valence-corrected chi connectivity index (χ0v) is 13.6. The summed E-state index contributed by atoms with van der Waals surface area (Å²) in [5.41, 5.74) is 2.50. The summed E-state index contributed by atoms with van der Waals surface area (Å²) in [5, 5.41) is 16.9. The van der Waals surface area contributed by atoms with E-state index in [0.29, 0.717) is 11.8 Å². The van der Waals surface area contributed by atoms with E-state index < -0.39 is 6.17 Å². The summed E-state index contributed by atoms with van der Waals surface area (Å²) in [6.45, 7) is 0. The van der Waals surface area contributed by atoms with E-state index in [2.05, 4.69) is 40.4 Å². The standard InChI is InChI=1S/C18H14N8/c1-2-8-15-14(7-1)21-18(22-15)26-25-17(13-6-5-10-19-12-13)24-23-16-9-3-4-11-20-16/h1-12,17H,(H,21,22). The van der Waals surface area contributed by atoms with Gasteiger partial charge in [0.15, 0.2) is 5.82 Å². The second-order valence-corrected chi connectivity index (χ2v) is 5.36. The molecule has 0 amide bonds. The molecule has 3 aromatic heterocycles. The van der Waals surface area contributed by atoms with Crippen molar-refractivity contribution in [1.29, 1.82) is 0 Å². The maximum absolute atomic E-state index is 4.38. The van der Waals surface area contributed by atoms with Gasteiger partial charge in [0.05, 0.1) is 11.0 Å². The van der Waals surface area contributed by atoms with Gasteiger partial charge in [0, 0.05) is 24.2 Å². The van der Waals surface area contributed by atoms with Gasteiger partial charge in [-0.3, -0.25) is 4.98 Å². The first-order chi connectivity index (χ1) is 12.9. The summed E-state index contributed by atoms with van der Waals surface area (Å²) >= 11 is 0. The molecule has 0 aliphatic carbocycles. The summed E-state index contributed by atoms with van der Waals surface area (Å²) in [6.07, 6.45) is 4.38. The summed E-state index contributed by atoms with van der Waals surface area (Å²) in [6, 6.07) is 16.8. The Bertz CT molecular complexity index is 1010. The van der Waals surface area contributed by atoms with Crippen LogP contribution in [0, 0.1) is 0 Å². The highest BCUT2D eigenvalue weighted by atomic mass is 15.3. The minimum Gasteiger partial charge on any atom is -0.321 e. The number of hydrogen-bond acceptors (Lipinski definition) is 7. The number of fused-ring (bicyclic) bond motifs is 1. The van der Waals surface area contributed by atoms with Gasteiger partial charge in [-0.25, -0.2) is 9.97 Å². The molecule has 0 fully saturated rings. The minimum absolute atomic E-state index is 0.410. The predicted molar refractivity (Wildman–Crippen MR) is 96.3 cm³/mol. The monoisotopic (exact) mass is 342 g/mol. The molecule has 1 N–H and O–H groups in total. The Morgan fingerprint density at radius 2 is 1.73 bits per heavy atom. The molecule has 0 saturated carbocycles. The van der Waals surface area contributed by atoms with Crippen molar-refractivity contribution in [1.82, 2.24) is 19.9 Å². The predicted octanol–water partition coefficient (Wildman–Crippen LogP) is 4.92. The lowest BCUT2D eigenvalue weighted by Crippen LogP contribution is -1.91. The Labute approximate surface area is 148 Å². The number of hydrogen-bond donors (Lipinski definition) is 1. The lowest BCUT2D eigenvalue weighted by atomic mass is 10.2. The van der Waals surface area contributed by atoms with Crippen LogP contribution in [0.2, 0.25) is 0 Å². The molecule has 0 spiro atoms. The van der Waals surface area contributed by atoms with E-state index in [1.807, 2.05) is 48.5 Å². The van der Waals surface area contributed by atoms with Gasteiger partial charge in [-0.2, -0.15) is 10.2 Å². The van der Waals surface area contributed by atoms with Gasteiger partial charge in [0.2, 0.25) is 12.1 Å². The summed E-state index contributed by atoms with van der Waals surface area (Å²) in [5.74, 6) is 0.911. The molecular weight excluding hydrogens is 328 g/mol. The number of H-pyrrole nitrogens is 1. The van der Waals surface area contributed by atoms with E-state index in [4.69, 9.17) is 0 Å². The normalized spacial score (nSPS) is 12.9. The molecule has 26 heavy (non-hydrogen) atoms. The third-order valence-corrected chi connectivity index (χ3v) is 3.54. The Balaban J connectivity index is 1.63. The average Bonchev–Trinajstić information content (AvgIpc) is 3.12. The van der Waals surface area contributed by atoms with Crippen molar-refractivity contribution in [2.45, 2.75) is 6.17 Å². The van der Waals surface area contributed by atoms with Crippen molar-refractivity contribution in [3.8, 4) is 0 Å². The highest BCUT2D eigenvalue weighted by Gasteiger charge is 2.10. The molecule has 126 valence electrons. The van der Waals surface area contributed by atoms with Crippen LogP contribution < -0.4 is 0 Å². The van der Waals surface area contributed by atoms with Crippen LogP contribution in [0.5, 0.6) is 0 Å². The third-order valence-electron chi connectivity index (χ3n) is 3.54. The Morgan fingerprint density at radius 3 is 2.54 bits per heavy atom. The Kier molecular flexibility index (Phi) is 4.46. The van der Waals surface area contributed by atoms with Gasteiger partial charge in [0.1, 0.15) is 0 Å². The summed E-state index contributed by atoms with van der Waals surface area (Å²) in [4.78, 5) is 15.7. The number of aromatic nitrogens is 4.